The fourth-order valence-corrected chi connectivity index (χ4v) is 3.30. The number of benzene rings is 1. The van der Waals surface area contributed by atoms with E-state index in [1.807, 2.05) is 12.1 Å². The summed E-state index contributed by atoms with van der Waals surface area (Å²) < 4.78 is 22.6. The molecule has 1 aromatic rings. The Balaban J connectivity index is 0.00000364. The van der Waals surface area contributed by atoms with Crippen molar-refractivity contribution < 1.29 is 18.9 Å². The van der Waals surface area contributed by atoms with Crippen molar-refractivity contribution in [3.63, 3.8) is 0 Å². The smallest absolute Gasteiger partial charge is 0.191 e. The van der Waals surface area contributed by atoms with E-state index in [0.29, 0.717) is 18.0 Å². The third-order valence-corrected chi connectivity index (χ3v) is 4.62. The molecule has 0 aliphatic carbocycles. The van der Waals surface area contributed by atoms with E-state index in [0.717, 1.165) is 55.2 Å². The van der Waals surface area contributed by atoms with Crippen LogP contribution in [-0.4, -0.2) is 59.7 Å². The average molecular weight is 558 g/mol. The van der Waals surface area contributed by atoms with Crippen LogP contribution in [0.5, 0.6) is 11.5 Å². The summed E-state index contributed by atoms with van der Waals surface area (Å²) in [5.74, 6) is 2.13. The number of nitrogens with zero attached hydrogens (tertiary/aromatic N) is 1. The second-order valence-electron chi connectivity index (χ2n) is 5.88. The minimum Gasteiger partial charge on any atom is -0.493 e. The van der Waals surface area contributed by atoms with Gasteiger partial charge in [0, 0.05) is 33.4 Å². The molecule has 1 aliphatic heterocycles. The third kappa shape index (κ3) is 8.00. The van der Waals surface area contributed by atoms with Crippen molar-refractivity contribution in [2.24, 2.45) is 4.99 Å². The second kappa shape index (κ2) is 13.4. The van der Waals surface area contributed by atoms with E-state index in [-0.39, 0.29) is 30.1 Å². The summed E-state index contributed by atoms with van der Waals surface area (Å²) in [4.78, 5) is 4.24. The summed E-state index contributed by atoms with van der Waals surface area (Å²) in [5, 5.41) is 6.59. The maximum Gasteiger partial charge on any atom is 0.191 e. The maximum absolute atomic E-state index is 5.75. The molecule has 0 saturated carbocycles. The van der Waals surface area contributed by atoms with Gasteiger partial charge in [-0.05, 0) is 46.5 Å². The van der Waals surface area contributed by atoms with E-state index in [4.69, 9.17) is 18.9 Å². The van der Waals surface area contributed by atoms with Crippen LogP contribution in [0.2, 0.25) is 0 Å². The van der Waals surface area contributed by atoms with Crippen molar-refractivity contribution in [3.05, 3.63) is 22.2 Å². The molecule has 1 fully saturated rings. The largest absolute Gasteiger partial charge is 0.493 e. The molecule has 0 amide bonds. The van der Waals surface area contributed by atoms with Crippen LogP contribution in [0.15, 0.2) is 21.6 Å². The Hall–Kier alpha value is -0.780. The maximum atomic E-state index is 5.75. The van der Waals surface area contributed by atoms with Gasteiger partial charge in [0.05, 0.1) is 31.4 Å². The molecule has 1 aromatic carbocycles. The van der Waals surface area contributed by atoms with Gasteiger partial charge in [-0.3, -0.25) is 4.99 Å². The molecule has 1 saturated heterocycles. The summed E-state index contributed by atoms with van der Waals surface area (Å²) in [5.41, 5.74) is 1.06. The van der Waals surface area contributed by atoms with Crippen LogP contribution in [0.25, 0.3) is 0 Å². The van der Waals surface area contributed by atoms with Gasteiger partial charge in [0.2, 0.25) is 0 Å². The highest BCUT2D eigenvalue weighted by molar-refractivity contribution is 14.0. The van der Waals surface area contributed by atoms with Gasteiger partial charge in [0.25, 0.3) is 0 Å². The van der Waals surface area contributed by atoms with Crippen LogP contribution in [0.1, 0.15) is 18.4 Å². The molecule has 0 radical (unpaired) electrons. The fourth-order valence-electron chi connectivity index (χ4n) is 2.65. The minimum absolute atomic E-state index is 0. The Morgan fingerprint density at radius 2 is 2.11 bits per heavy atom. The number of aliphatic imine (C=N–C) groups is 1. The zero-order valence-electron chi connectivity index (χ0n) is 16.0. The molecule has 2 rings (SSSR count). The van der Waals surface area contributed by atoms with E-state index >= 15 is 0 Å². The Morgan fingerprint density at radius 1 is 1.30 bits per heavy atom. The number of ether oxygens (including phenoxy) is 4. The minimum atomic E-state index is 0. The monoisotopic (exact) mass is 557 g/mol. The van der Waals surface area contributed by atoms with Gasteiger partial charge in [0.1, 0.15) is 0 Å². The van der Waals surface area contributed by atoms with Gasteiger partial charge in [-0.25, -0.2) is 0 Å². The highest BCUT2D eigenvalue weighted by atomic mass is 127. The van der Waals surface area contributed by atoms with E-state index in [1.165, 1.54) is 0 Å². The van der Waals surface area contributed by atoms with E-state index in [9.17, 15) is 0 Å². The standard InChI is InChI=1S/C18H28BrN3O4.HI/c1-20-18(21-6-4-7-26-14-5-8-25-12-14)22-11-13-9-15(19)17(24-3)16(10-13)23-2;/h9-10,14H,4-8,11-12H2,1-3H3,(H2,20,21,22);1H. The highest BCUT2D eigenvalue weighted by Crippen LogP contribution is 2.36. The highest BCUT2D eigenvalue weighted by Gasteiger charge is 2.15. The Labute approximate surface area is 186 Å². The second-order valence-corrected chi connectivity index (χ2v) is 6.73. The zero-order valence-corrected chi connectivity index (χ0v) is 20.0. The quantitative estimate of drug-likeness (QED) is 0.210. The number of methoxy groups -OCH3 is 2. The lowest BCUT2D eigenvalue weighted by Crippen LogP contribution is -2.37. The van der Waals surface area contributed by atoms with Crippen LogP contribution in [0, 0.1) is 0 Å². The topological polar surface area (TPSA) is 73.3 Å². The summed E-state index contributed by atoms with van der Waals surface area (Å²) in [6.07, 6.45) is 2.17. The summed E-state index contributed by atoms with van der Waals surface area (Å²) >= 11 is 3.51. The van der Waals surface area contributed by atoms with Crippen LogP contribution >= 0.6 is 39.9 Å². The van der Waals surface area contributed by atoms with Crippen molar-refractivity contribution in [1.29, 1.82) is 0 Å². The van der Waals surface area contributed by atoms with Crippen molar-refractivity contribution in [2.45, 2.75) is 25.5 Å². The first kappa shape index (κ1) is 24.3. The molecule has 1 aliphatic rings. The Bertz CT molecular complexity index is 598. The van der Waals surface area contributed by atoms with Gasteiger partial charge in [0.15, 0.2) is 17.5 Å². The number of rotatable bonds is 9. The molecular weight excluding hydrogens is 529 g/mol. The summed E-state index contributed by atoms with van der Waals surface area (Å²) in [6.45, 7) is 3.67. The molecule has 0 spiro atoms. The van der Waals surface area contributed by atoms with Gasteiger partial charge >= 0.3 is 0 Å². The zero-order chi connectivity index (χ0) is 18.8. The van der Waals surface area contributed by atoms with Crippen molar-refractivity contribution in [2.75, 3.05) is 47.6 Å². The molecule has 154 valence electrons. The number of nitrogens with one attached hydrogen (secondary N) is 2. The molecule has 1 unspecified atom stereocenters. The lowest BCUT2D eigenvalue weighted by Gasteiger charge is -2.15. The summed E-state index contributed by atoms with van der Waals surface area (Å²) in [7, 11) is 5.00. The van der Waals surface area contributed by atoms with Crippen molar-refractivity contribution in [3.8, 4) is 11.5 Å². The first-order valence-electron chi connectivity index (χ1n) is 8.72. The van der Waals surface area contributed by atoms with Gasteiger partial charge in [-0.1, -0.05) is 0 Å². The van der Waals surface area contributed by atoms with Crippen LogP contribution < -0.4 is 20.1 Å². The molecule has 1 heterocycles. The van der Waals surface area contributed by atoms with Gasteiger partial charge in [-0.15, -0.1) is 24.0 Å². The fraction of sp³-hybridized carbons (Fsp3) is 0.611. The normalized spacial score (nSPS) is 16.6. The third-order valence-electron chi connectivity index (χ3n) is 4.03. The van der Waals surface area contributed by atoms with Gasteiger partial charge in [-0.2, -0.15) is 0 Å². The van der Waals surface area contributed by atoms with E-state index < -0.39 is 0 Å². The van der Waals surface area contributed by atoms with Crippen LogP contribution in [0.3, 0.4) is 0 Å². The predicted molar refractivity (Wildman–Crippen MR) is 121 cm³/mol. The molecule has 7 nitrogen and oxygen atoms in total. The van der Waals surface area contributed by atoms with E-state index in [2.05, 4.69) is 31.6 Å². The number of guanidine groups is 1. The molecule has 1 atom stereocenters. The molecule has 0 bridgehead atoms. The molecule has 2 N–H and O–H groups in total. The van der Waals surface area contributed by atoms with Crippen molar-refractivity contribution >= 4 is 45.9 Å². The molecule has 9 heteroatoms. The van der Waals surface area contributed by atoms with Crippen LogP contribution in [0.4, 0.5) is 0 Å². The Kier molecular flexibility index (Phi) is 12.0. The predicted octanol–water partition coefficient (Wildman–Crippen LogP) is 2.94. The summed E-state index contributed by atoms with van der Waals surface area (Å²) in [6, 6.07) is 3.94. The molecule has 0 aromatic heterocycles. The Morgan fingerprint density at radius 3 is 2.74 bits per heavy atom. The van der Waals surface area contributed by atoms with Crippen molar-refractivity contribution in [1.82, 2.24) is 10.6 Å². The number of hydrogen-bond acceptors (Lipinski definition) is 5. The number of halogens is 2. The number of hydrogen-bond donors (Lipinski definition) is 2. The first-order valence-corrected chi connectivity index (χ1v) is 9.51. The van der Waals surface area contributed by atoms with Crippen LogP contribution in [-0.2, 0) is 16.0 Å². The first-order chi connectivity index (χ1) is 12.7. The van der Waals surface area contributed by atoms with Gasteiger partial charge < -0.3 is 29.6 Å². The van der Waals surface area contributed by atoms with E-state index in [1.54, 1.807) is 21.3 Å². The average Bonchev–Trinajstić information content (AvgIpc) is 3.16. The SMILES string of the molecule is CN=C(NCCCOC1CCOC1)NCc1cc(Br)c(OC)c(OC)c1.I. The molecule has 27 heavy (non-hydrogen) atoms. The molecular formula is C18H29BrIN3O4. The lowest BCUT2D eigenvalue weighted by atomic mass is 10.2. The lowest BCUT2D eigenvalue weighted by molar-refractivity contribution is 0.0420.